The molecule has 1 aromatic carbocycles. The summed E-state index contributed by atoms with van der Waals surface area (Å²) in [6, 6.07) is 7.63. The number of nitrogens with zero attached hydrogens (tertiary/aromatic N) is 2. The number of ether oxygens (including phenoxy) is 3. The lowest BCUT2D eigenvalue weighted by molar-refractivity contribution is 0.302. The van der Waals surface area contributed by atoms with Gasteiger partial charge < -0.3 is 19.5 Å². The van der Waals surface area contributed by atoms with E-state index in [0.717, 1.165) is 35.7 Å². The largest absolute Gasteiger partial charge is 0.493 e. The van der Waals surface area contributed by atoms with Crippen molar-refractivity contribution in [2.45, 2.75) is 6.54 Å². The molecule has 3 rings (SSSR count). The second-order valence-electron chi connectivity index (χ2n) is 4.65. The van der Waals surface area contributed by atoms with Crippen molar-refractivity contribution < 1.29 is 14.2 Å². The van der Waals surface area contributed by atoms with E-state index in [9.17, 15) is 0 Å². The molecule has 0 bridgehead atoms. The van der Waals surface area contributed by atoms with Crippen molar-refractivity contribution in [3.63, 3.8) is 0 Å². The summed E-state index contributed by atoms with van der Waals surface area (Å²) < 4.78 is 16.2. The van der Waals surface area contributed by atoms with Crippen LogP contribution in [-0.2, 0) is 6.54 Å². The van der Waals surface area contributed by atoms with Gasteiger partial charge >= 0.3 is 0 Å². The summed E-state index contributed by atoms with van der Waals surface area (Å²) in [5.74, 6) is 2.00. The highest BCUT2D eigenvalue weighted by molar-refractivity contribution is 5.66. The second kappa shape index (κ2) is 5.97. The molecule has 21 heavy (non-hydrogen) atoms. The van der Waals surface area contributed by atoms with Crippen LogP contribution in [0.1, 0.15) is 5.56 Å². The Hall–Kier alpha value is -2.34. The Morgan fingerprint density at radius 3 is 2.76 bits per heavy atom. The Bertz CT molecular complexity index is 629. The molecule has 110 valence electrons. The Morgan fingerprint density at radius 2 is 2.05 bits per heavy atom. The van der Waals surface area contributed by atoms with Crippen LogP contribution in [0.4, 0.5) is 0 Å². The van der Waals surface area contributed by atoms with Crippen LogP contribution in [0.2, 0.25) is 0 Å². The topological polar surface area (TPSA) is 65.5 Å². The van der Waals surface area contributed by atoms with Gasteiger partial charge in [0.05, 0.1) is 19.9 Å². The number of benzene rings is 1. The van der Waals surface area contributed by atoms with Gasteiger partial charge in [0.1, 0.15) is 6.61 Å². The van der Waals surface area contributed by atoms with Crippen LogP contribution >= 0.6 is 0 Å². The normalized spacial score (nSPS) is 13.8. The monoisotopic (exact) mass is 287 g/mol. The maximum atomic E-state index is 5.75. The van der Waals surface area contributed by atoms with Crippen molar-refractivity contribution >= 4 is 0 Å². The zero-order valence-corrected chi connectivity index (χ0v) is 12.0. The number of hydrogen-bond donors (Lipinski definition) is 1. The third kappa shape index (κ3) is 2.75. The van der Waals surface area contributed by atoms with Gasteiger partial charge in [-0.1, -0.05) is 0 Å². The molecular formula is C15H17N3O3. The van der Waals surface area contributed by atoms with Crippen molar-refractivity contribution in [3.05, 3.63) is 29.8 Å². The first-order valence-electron chi connectivity index (χ1n) is 6.74. The quantitative estimate of drug-likeness (QED) is 0.926. The zero-order chi connectivity index (χ0) is 14.7. The number of rotatable bonds is 3. The fourth-order valence-corrected chi connectivity index (χ4v) is 2.29. The standard InChI is InChI=1S/C15H17N3O3/c1-19-13-8-10(12-3-4-14(20-2)18-17-12)7-11-9-16-5-6-21-15(11)13/h3-4,7-8,16H,5-6,9H2,1-2H3. The number of fused-ring (bicyclic) bond motifs is 1. The average molecular weight is 287 g/mol. The van der Waals surface area contributed by atoms with Crippen molar-refractivity contribution in [3.8, 4) is 28.6 Å². The first kappa shape index (κ1) is 13.6. The molecule has 2 heterocycles. The summed E-state index contributed by atoms with van der Waals surface area (Å²) in [5, 5.41) is 11.5. The minimum absolute atomic E-state index is 0.491. The van der Waals surface area contributed by atoms with Crippen molar-refractivity contribution in [1.82, 2.24) is 15.5 Å². The van der Waals surface area contributed by atoms with Gasteiger partial charge in [-0.05, 0) is 18.2 Å². The summed E-state index contributed by atoms with van der Waals surface area (Å²) in [5.41, 5.74) is 2.76. The van der Waals surface area contributed by atoms with E-state index in [1.165, 1.54) is 0 Å². The molecule has 6 heteroatoms. The predicted molar refractivity (Wildman–Crippen MR) is 77.8 cm³/mol. The molecule has 0 saturated carbocycles. The Morgan fingerprint density at radius 1 is 1.14 bits per heavy atom. The average Bonchev–Trinajstić information content (AvgIpc) is 2.79. The van der Waals surface area contributed by atoms with Gasteiger partial charge in [-0.25, -0.2) is 0 Å². The number of nitrogens with one attached hydrogen (secondary N) is 1. The van der Waals surface area contributed by atoms with Gasteiger partial charge in [0.25, 0.3) is 0 Å². The minimum atomic E-state index is 0.491. The van der Waals surface area contributed by atoms with Crippen LogP contribution in [0.3, 0.4) is 0 Å². The van der Waals surface area contributed by atoms with E-state index >= 15 is 0 Å². The lowest BCUT2D eigenvalue weighted by Gasteiger charge is -2.13. The Kier molecular flexibility index (Phi) is 3.87. The highest BCUT2D eigenvalue weighted by atomic mass is 16.5. The molecule has 1 aliphatic rings. The van der Waals surface area contributed by atoms with Crippen molar-refractivity contribution in [1.29, 1.82) is 0 Å². The third-order valence-electron chi connectivity index (χ3n) is 3.34. The fraction of sp³-hybridized carbons (Fsp3) is 0.333. The van der Waals surface area contributed by atoms with Gasteiger partial charge in [-0.15, -0.1) is 10.2 Å². The fourth-order valence-electron chi connectivity index (χ4n) is 2.29. The first-order chi connectivity index (χ1) is 10.3. The van der Waals surface area contributed by atoms with E-state index in [-0.39, 0.29) is 0 Å². The number of hydrogen-bond acceptors (Lipinski definition) is 6. The van der Waals surface area contributed by atoms with Gasteiger partial charge in [0, 0.05) is 30.3 Å². The molecule has 1 aliphatic heterocycles. The SMILES string of the molecule is COc1ccc(-c2cc3c(c(OC)c2)OCCNC3)nn1. The van der Waals surface area contributed by atoms with Crippen LogP contribution in [0, 0.1) is 0 Å². The van der Waals surface area contributed by atoms with Gasteiger partial charge in [0.15, 0.2) is 11.5 Å². The van der Waals surface area contributed by atoms with Crippen molar-refractivity contribution in [2.24, 2.45) is 0 Å². The molecule has 0 atom stereocenters. The first-order valence-corrected chi connectivity index (χ1v) is 6.74. The third-order valence-corrected chi connectivity index (χ3v) is 3.34. The molecule has 0 saturated heterocycles. The molecule has 0 aliphatic carbocycles. The lowest BCUT2D eigenvalue weighted by Crippen LogP contribution is -2.16. The van der Waals surface area contributed by atoms with E-state index in [4.69, 9.17) is 14.2 Å². The minimum Gasteiger partial charge on any atom is -0.493 e. The molecule has 0 amide bonds. The molecule has 0 radical (unpaired) electrons. The summed E-state index contributed by atoms with van der Waals surface area (Å²) in [7, 11) is 3.21. The molecular weight excluding hydrogens is 270 g/mol. The zero-order valence-electron chi connectivity index (χ0n) is 12.0. The Balaban J connectivity index is 2.04. The summed E-state index contributed by atoms with van der Waals surface area (Å²) in [4.78, 5) is 0. The van der Waals surface area contributed by atoms with E-state index in [0.29, 0.717) is 18.2 Å². The van der Waals surface area contributed by atoms with E-state index in [1.54, 1.807) is 20.3 Å². The van der Waals surface area contributed by atoms with Crippen molar-refractivity contribution in [2.75, 3.05) is 27.4 Å². The maximum absolute atomic E-state index is 5.75. The summed E-state index contributed by atoms with van der Waals surface area (Å²) >= 11 is 0. The van der Waals surface area contributed by atoms with Gasteiger partial charge in [0.2, 0.25) is 5.88 Å². The molecule has 2 aromatic rings. The smallest absolute Gasteiger partial charge is 0.233 e. The van der Waals surface area contributed by atoms with E-state index < -0.39 is 0 Å². The molecule has 6 nitrogen and oxygen atoms in total. The Labute approximate surface area is 123 Å². The van der Waals surface area contributed by atoms with Crippen LogP contribution in [0.5, 0.6) is 17.4 Å². The number of methoxy groups -OCH3 is 2. The lowest BCUT2D eigenvalue weighted by atomic mass is 10.1. The molecule has 0 fully saturated rings. The predicted octanol–water partition coefficient (Wildman–Crippen LogP) is 1.64. The maximum Gasteiger partial charge on any atom is 0.233 e. The molecule has 0 unspecified atom stereocenters. The van der Waals surface area contributed by atoms with Gasteiger partial charge in [-0.2, -0.15) is 0 Å². The number of aromatic nitrogens is 2. The van der Waals surface area contributed by atoms with Crippen LogP contribution < -0.4 is 19.5 Å². The van der Waals surface area contributed by atoms with E-state index in [2.05, 4.69) is 15.5 Å². The highest BCUT2D eigenvalue weighted by Gasteiger charge is 2.17. The van der Waals surface area contributed by atoms with Crippen LogP contribution in [0.15, 0.2) is 24.3 Å². The summed E-state index contributed by atoms with van der Waals surface area (Å²) in [6.45, 7) is 2.18. The summed E-state index contributed by atoms with van der Waals surface area (Å²) in [6.07, 6.45) is 0. The molecule has 1 N–H and O–H groups in total. The molecule has 0 spiro atoms. The van der Waals surface area contributed by atoms with Crippen LogP contribution in [-0.4, -0.2) is 37.6 Å². The van der Waals surface area contributed by atoms with Gasteiger partial charge in [-0.3, -0.25) is 0 Å². The highest BCUT2D eigenvalue weighted by Crippen LogP contribution is 2.36. The second-order valence-corrected chi connectivity index (χ2v) is 4.65. The van der Waals surface area contributed by atoms with Crippen LogP contribution in [0.25, 0.3) is 11.3 Å². The van der Waals surface area contributed by atoms with E-state index in [1.807, 2.05) is 18.2 Å². The molecule has 1 aromatic heterocycles.